The van der Waals surface area contributed by atoms with Crippen LogP contribution >= 0.6 is 0 Å². The van der Waals surface area contributed by atoms with Crippen molar-refractivity contribution in [1.29, 1.82) is 0 Å². The Labute approximate surface area is 119 Å². The minimum atomic E-state index is -0.711. The number of hydrogen-bond donors (Lipinski definition) is 1. The Balaban J connectivity index is 2.01. The molecule has 2 heteroatoms. The van der Waals surface area contributed by atoms with Crippen LogP contribution in [0.15, 0.2) is 54.6 Å². The average molecular weight is 266 g/mol. The molecule has 1 fully saturated rings. The van der Waals surface area contributed by atoms with Crippen molar-refractivity contribution in [2.75, 3.05) is 0 Å². The van der Waals surface area contributed by atoms with Gasteiger partial charge in [-0.25, -0.2) is 0 Å². The summed E-state index contributed by atoms with van der Waals surface area (Å²) in [5.41, 5.74) is 2.73. The van der Waals surface area contributed by atoms with E-state index in [0.717, 1.165) is 11.1 Å². The van der Waals surface area contributed by atoms with Crippen LogP contribution in [0.25, 0.3) is 0 Å². The fourth-order valence-corrected chi connectivity index (χ4v) is 3.29. The first-order valence-electron chi connectivity index (χ1n) is 6.90. The van der Waals surface area contributed by atoms with Gasteiger partial charge in [-0.2, -0.15) is 0 Å². The molecule has 102 valence electrons. The molecule has 0 saturated heterocycles. The SMILES string of the molecule is Cc1ccc(C2C(c3ccccc3)C2(C)C(=O)O)cc1. The van der Waals surface area contributed by atoms with Crippen LogP contribution in [0, 0.1) is 12.3 Å². The standard InChI is InChI=1S/C18H18O2/c1-12-8-10-14(11-9-12)16-15(18(16,2)17(19)20)13-6-4-3-5-7-13/h3-11,15-16H,1-2H3,(H,19,20). The lowest BCUT2D eigenvalue weighted by atomic mass is 10.00. The highest BCUT2D eigenvalue weighted by Crippen LogP contribution is 2.70. The van der Waals surface area contributed by atoms with Gasteiger partial charge in [-0.3, -0.25) is 4.79 Å². The number of aryl methyl sites for hydroxylation is 1. The summed E-state index contributed by atoms with van der Waals surface area (Å²) < 4.78 is 0. The van der Waals surface area contributed by atoms with Crippen molar-refractivity contribution >= 4 is 5.97 Å². The zero-order valence-electron chi connectivity index (χ0n) is 11.7. The number of carboxylic acid groups (broad SMARTS) is 1. The Hall–Kier alpha value is -2.09. The van der Waals surface area contributed by atoms with Gasteiger partial charge < -0.3 is 5.11 Å². The lowest BCUT2D eigenvalue weighted by molar-refractivity contribution is -0.143. The van der Waals surface area contributed by atoms with Gasteiger partial charge in [-0.15, -0.1) is 0 Å². The van der Waals surface area contributed by atoms with Crippen LogP contribution < -0.4 is 0 Å². The van der Waals surface area contributed by atoms with Gasteiger partial charge in [0, 0.05) is 11.8 Å². The molecular formula is C18H18O2. The van der Waals surface area contributed by atoms with Crippen molar-refractivity contribution in [1.82, 2.24) is 0 Å². The molecule has 2 aromatic rings. The third-order valence-electron chi connectivity index (χ3n) is 4.57. The molecule has 0 aromatic heterocycles. The Morgan fingerprint density at radius 3 is 1.95 bits per heavy atom. The molecule has 3 rings (SSSR count). The molecule has 1 aliphatic rings. The summed E-state index contributed by atoms with van der Waals surface area (Å²) in [6.45, 7) is 3.90. The quantitative estimate of drug-likeness (QED) is 0.912. The van der Waals surface area contributed by atoms with E-state index in [4.69, 9.17) is 0 Å². The number of hydrogen-bond acceptors (Lipinski definition) is 1. The normalized spacial score (nSPS) is 28.1. The molecule has 3 atom stereocenters. The molecule has 0 aliphatic heterocycles. The molecule has 3 unspecified atom stereocenters. The monoisotopic (exact) mass is 266 g/mol. The molecule has 2 nitrogen and oxygen atoms in total. The van der Waals surface area contributed by atoms with Crippen molar-refractivity contribution in [3.63, 3.8) is 0 Å². The first kappa shape index (κ1) is 12.9. The molecule has 1 aliphatic carbocycles. The van der Waals surface area contributed by atoms with Crippen molar-refractivity contribution in [3.05, 3.63) is 71.3 Å². The minimum Gasteiger partial charge on any atom is -0.481 e. The van der Waals surface area contributed by atoms with Crippen LogP contribution in [-0.2, 0) is 4.79 Å². The average Bonchev–Trinajstić information content (AvgIpc) is 3.09. The van der Waals surface area contributed by atoms with Crippen LogP contribution in [0.3, 0.4) is 0 Å². The molecule has 1 N–H and O–H groups in total. The van der Waals surface area contributed by atoms with Gasteiger partial charge in [-0.05, 0) is 25.0 Å². The van der Waals surface area contributed by atoms with Gasteiger partial charge in [0.2, 0.25) is 0 Å². The molecule has 0 heterocycles. The Bertz CT molecular complexity index is 630. The second-order valence-corrected chi connectivity index (χ2v) is 5.86. The van der Waals surface area contributed by atoms with Crippen molar-refractivity contribution < 1.29 is 9.90 Å². The molecule has 20 heavy (non-hydrogen) atoms. The maximum Gasteiger partial charge on any atom is 0.310 e. The predicted octanol–water partition coefficient (Wildman–Crippen LogP) is 3.97. The minimum absolute atomic E-state index is 0.0583. The number of aliphatic carboxylic acids is 1. The third kappa shape index (κ3) is 1.83. The Morgan fingerprint density at radius 2 is 1.45 bits per heavy atom. The van der Waals surface area contributed by atoms with Crippen LogP contribution in [0.1, 0.15) is 35.4 Å². The summed E-state index contributed by atoms with van der Waals surface area (Å²) in [5, 5.41) is 9.63. The summed E-state index contributed by atoms with van der Waals surface area (Å²) in [6.07, 6.45) is 0. The van der Waals surface area contributed by atoms with E-state index in [9.17, 15) is 9.90 Å². The fourth-order valence-electron chi connectivity index (χ4n) is 3.29. The highest BCUT2D eigenvalue weighted by molar-refractivity contribution is 5.83. The maximum atomic E-state index is 11.7. The van der Waals surface area contributed by atoms with Gasteiger partial charge >= 0.3 is 5.97 Å². The largest absolute Gasteiger partial charge is 0.481 e. The van der Waals surface area contributed by atoms with Gasteiger partial charge in [0.1, 0.15) is 0 Å². The molecular weight excluding hydrogens is 248 g/mol. The second-order valence-electron chi connectivity index (χ2n) is 5.86. The van der Waals surface area contributed by atoms with Crippen LogP contribution in [0.2, 0.25) is 0 Å². The lowest BCUT2D eigenvalue weighted by Gasteiger charge is -2.05. The fraction of sp³-hybridized carbons (Fsp3) is 0.278. The van der Waals surface area contributed by atoms with Crippen molar-refractivity contribution in [2.24, 2.45) is 5.41 Å². The summed E-state index contributed by atoms with van der Waals surface area (Å²) in [5.74, 6) is -0.594. The second kappa shape index (κ2) is 4.48. The van der Waals surface area contributed by atoms with Crippen LogP contribution in [0.5, 0.6) is 0 Å². The number of carbonyl (C=O) groups is 1. The number of benzene rings is 2. The molecule has 0 radical (unpaired) electrons. The highest BCUT2D eigenvalue weighted by Gasteiger charge is 2.67. The van der Waals surface area contributed by atoms with E-state index in [1.54, 1.807) is 0 Å². The first-order valence-corrected chi connectivity index (χ1v) is 6.90. The summed E-state index contributed by atoms with van der Waals surface area (Å²) >= 11 is 0. The van der Waals surface area contributed by atoms with E-state index in [0.29, 0.717) is 0 Å². The van der Waals surface area contributed by atoms with Gasteiger partial charge in [0.05, 0.1) is 5.41 Å². The highest BCUT2D eigenvalue weighted by atomic mass is 16.4. The third-order valence-corrected chi connectivity index (χ3v) is 4.57. The summed E-state index contributed by atoms with van der Waals surface area (Å²) in [7, 11) is 0. The van der Waals surface area contributed by atoms with Crippen LogP contribution in [-0.4, -0.2) is 11.1 Å². The van der Waals surface area contributed by atoms with E-state index in [1.165, 1.54) is 5.56 Å². The molecule has 0 spiro atoms. The van der Waals surface area contributed by atoms with Crippen molar-refractivity contribution in [2.45, 2.75) is 25.7 Å². The number of rotatable bonds is 3. The predicted molar refractivity (Wildman–Crippen MR) is 78.8 cm³/mol. The topological polar surface area (TPSA) is 37.3 Å². The van der Waals surface area contributed by atoms with Gasteiger partial charge in [0.25, 0.3) is 0 Å². The number of carboxylic acids is 1. The lowest BCUT2D eigenvalue weighted by Crippen LogP contribution is -2.14. The van der Waals surface area contributed by atoms with Gasteiger partial charge in [-0.1, -0.05) is 60.2 Å². The molecule has 1 saturated carbocycles. The zero-order chi connectivity index (χ0) is 14.3. The smallest absolute Gasteiger partial charge is 0.310 e. The van der Waals surface area contributed by atoms with Gasteiger partial charge in [0.15, 0.2) is 0 Å². The van der Waals surface area contributed by atoms with E-state index in [2.05, 4.69) is 24.3 Å². The summed E-state index contributed by atoms with van der Waals surface area (Å²) in [6, 6.07) is 18.2. The maximum absolute atomic E-state index is 11.7. The van der Waals surface area contributed by atoms with E-state index >= 15 is 0 Å². The van der Waals surface area contributed by atoms with E-state index in [1.807, 2.05) is 44.2 Å². The molecule has 0 bridgehead atoms. The first-order chi connectivity index (χ1) is 9.55. The molecule has 2 aromatic carbocycles. The Morgan fingerprint density at radius 1 is 0.950 bits per heavy atom. The van der Waals surface area contributed by atoms with E-state index < -0.39 is 11.4 Å². The van der Waals surface area contributed by atoms with Crippen LogP contribution in [0.4, 0.5) is 0 Å². The van der Waals surface area contributed by atoms with E-state index in [-0.39, 0.29) is 11.8 Å². The van der Waals surface area contributed by atoms with Crippen molar-refractivity contribution in [3.8, 4) is 0 Å². The Kier molecular flexibility index (Phi) is 2.89. The summed E-state index contributed by atoms with van der Waals surface area (Å²) in [4.78, 5) is 11.7. The zero-order valence-corrected chi connectivity index (χ0v) is 11.7. The molecule has 0 amide bonds.